The first-order chi connectivity index (χ1) is 20.4. The van der Waals surface area contributed by atoms with Crippen molar-refractivity contribution >= 4 is 11.6 Å². The number of fused-ring (bicyclic) bond motifs is 1. The van der Waals surface area contributed by atoms with Gasteiger partial charge in [-0.15, -0.1) is 0 Å². The van der Waals surface area contributed by atoms with E-state index in [4.69, 9.17) is 14.6 Å². The number of carbonyl (C=O) groups is 1. The van der Waals surface area contributed by atoms with Crippen LogP contribution in [0.4, 0.5) is 0 Å². The van der Waals surface area contributed by atoms with Crippen LogP contribution in [0.1, 0.15) is 43.0 Å². The minimum absolute atomic E-state index is 0.110. The predicted molar refractivity (Wildman–Crippen MR) is 158 cm³/mol. The van der Waals surface area contributed by atoms with Crippen LogP contribution in [0.5, 0.6) is 11.5 Å². The molecule has 214 valence electrons. The molecule has 2 heterocycles. The summed E-state index contributed by atoms with van der Waals surface area (Å²) in [4.78, 5) is 40.0. The number of H-pyrrole nitrogens is 1. The molecule has 1 aliphatic carbocycles. The van der Waals surface area contributed by atoms with Gasteiger partial charge >= 0.3 is 11.4 Å². The molecule has 0 saturated heterocycles. The van der Waals surface area contributed by atoms with E-state index in [9.17, 15) is 14.4 Å². The predicted octanol–water partition coefficient (Wildman–Crippen LogP) is 4.23. The molecule has 1 amide bonds. The lowest BCUT2D eigenvalue weighted by Gasteiger charge is -2.30. The monoisotopic (exact) mass is 565 g/mol. The molecular formula is C32H31N5O5. The van der Waals surface area contributed by atoms with Gasteiger partial charge in [0.15, 0.2) is 0 Å². The molecule has 10 nitrogen and oxygen atoms in total. The lowest BCUT2D eigenvalue weighted by atomic mass is 9.77. The Balaban J connectivity index is 1.50. The maximum Gasteiger partial charge on any atom is 0.352 e. The largest absolute Gasteiger partial charge is 0.497 e. The zero-order chi connectivity index (χ0) is 29.4. The number of methoxy groups -OCH3 is 2. The van der Waals surface area contributed by atoms with Gasteiger partial charge in [0, 0.05) is 18.4 Å². The molecule has 0 spiro atoms. The standard InChI is InChI=1S/C32H31N5O5/c1-20(38)36-29(21-12-16-24(41-2)17-13-21)26-10-7-11-27(28(26)33-36)30(22-14-18-25(42-3)19-15-22)37-32(40)35(31(39)34-37)23-8-5-4-6-9-23/h4-6,8-9,11-19,26,29-30H,7,10H2,1-3H3,(H,34,39). The summed E-state index contributed by atoms with van der Waals surface area (Å²) in [5, 5.41) is 9.21. The average Bonchev–Trinajstić information content (AvgIpc) is 3.56. The summed E-state index contributed by atoms with van der Waals surface area (Å²) in [6.45, 7) is 1.50. The quantitative estimate of drug-likeness (QED) is 0.361. The van der Waals surface area contributed by atoms with E-state index in [1.165, 1.54) is 16.6 Å². The van der Waals surface area contributed by atoms with Gasteiger partial charge < -0.3 is 9.47 Å². The number of hydrogen-bond acceptors (Lipinski definition) is 6. The van der Waals surface area contributed by atoms with Crippen LogP contribution in [-0.4, -0.2) is 45.2 Å². The first kappa shape index (κ1) is 27.1. The number of nitrogens with one attached hydrogen (secondary N) is 1. The molecule has 6 rings (SSSR count). The van der Waals surface area contributed by atoms with Crippen molar-refractivity contribution in [2.75, 3.05) is 14.2 Å². The molecule has 4 aromatic rings. The van der Waals surface area contributed by atoms with Crippen molar-refractivity contribution in [2.45, 2.75) is 31.8 Å². The Morgan fingerprint density at radius 2 is 1.57 bits per heavy atom. The van der Waals surface area contributed by atoms with E-state index >= 15 is 0 Å². The minimum atomic E-state index is -0.703. The third kappa shape index (κ3) is 4.64. The Morgan fingerprint density at radius 1 is 0.929 bits per heavy atom. The van der Waals surface area contributed by atoms with E-state index < -0.39 is 17.4 Å². The number of nitrogens with zero attached hydrogens (tertiary/aromatic N) is 4. The number of benzene rings is 3. The number of allylic oxidation sites excluding steroid dienone is 2. The molecule has 1 aliphatic heterocycles. The molecule has 0 radical (unpaired) electrons. The molecule has 3 unspecified atom stereocenters. The van der Waals surface area contributed by atoms with Gasteiger partial charge in [0.05, 0.1) is 31.7 Å². The Kier molecular flexibility index (Phi) is 7.12. The van der Waals surface area contributed by atoms with Gasteiger partial charge in [-0.25, -0.2) is 28.9 Å². The van der Waals surface area contributed by atoms with E-state index in [1.54, 1.807) is 38.5 Å². The van der Waals surface area contributed by atoms with Gasteiger partial charge in [-0.3, -0.25) is 4.79 Å². The van der Waals surface area contributed by atoms with Crippen molar-refractivity contribution in [1.82, 2.24) is 19.4 Å². The average molecular weight is 566 g/mol. The minimum Gasteiger partial charge on any atom is -0.497 e. The lowest BCUT2D eigenvalue weighted by Crippen LogP contribution is -2.34. The third-order valence-electron chi connectivity index (χ3n) is 7.94. The van der Waals surface area contributed by atoms with Crippen molar-refractivity contribution in [3.63, 3.8) is 0 Å². The Bertz CT molecular complexity index is 1780. The number of amides is 1. The number of hydrazone groups is 1. The maximum absolute atomic E-state index is 13.9. The van der Waals surface area contributed by atoms with Gasteiger partial charge in [-0.05, 0) is 60.4 Å². The summed E-state index contributed by atoms with van der Waals surface area (Å²) in [5.41, 5.74) is 2.60. The molecule has 3 aromatic carbocycles. The highest BCUT2D eigenvalue weighted by Gasteiger charge is 2.44. The molecule has 0 bridgehead atoms. The van der Waals surface area contributed by atoms with E-state index in [2.05, 4.69) is 11.2 Å². The fraction of sp³-hybridized carbons (Fsp3) is 0.250. The molecule has 1 N–H and O–H groups in total. The Labute approximate surface area is 242 Å². The van der Waals surface area contributed by atoms with E-state index in [1.807, 2.05) is 54.6 Å². The number of carbonyl (C=O) groups excluding carboxylic acids is 1. The van der Waals surface area contributed by atoms with Crippen LogP contribution >= 0.6 is 0 Å². The van der Waals surface area contributed by atoms with Gasteiger partial charge in [-0.2, -0.15) is 5.10 Å². The first-order valence-electron chi connectivity index (χ1n) is 13.8. The number of hydrogen-bond donors (Lipinski definition) is 1. The van der Waals surface area contributed by atoms with Gasteiger partial charge in [-0.1, -0.05) is 48.5 Å². The summed E-state index contributed by atoms with van der Waals surface area (Å²) >= 11 is 0. The summed E-state index contributed by atoms with van der Waals surface area (Å²) in [5.74, 6) is 1.10. The van der Waals surface area contributed by atoms with E-state index in [-0.39, 0.29) is 17.9 Å². The van der Waals surface area contributed by atoms with Gasteiger partial charge in [0.2, 0.25) is 5.91 Å². The molecule has 10 heteroatoms. The number of ether oxygens (including phenoxy) is 2. The van der Waals surface area contributed by atoms with Crippen LogP contribution in [0.3, 0.4) is 0 Å². The molecule has 0 fully saturated rings. The third-order valence-corrected chi connectivity index (χ3v) is 7.94. The van der Waals surface area contributed by atoms with Crippen molar-refractivity contribution < 1.29 is 14.3 Å². The number of aromatic nitrogens is 3. The van der Waals surface area contributed by atoms with Gasteiger partial charge in [0.25, 0.3) is 0 Å². The Morgan fingerprint density at radius 3 is 2.19 bits per heavy atom. The second-order valence-corrected chi connectivity index (χ2v) is 10.3. The first-order valence-corrected chi connectivity index (χ1v) is 13.8. The topological polar surface area (TPSA) is 111 Å². The van der Waals surface area contributed by atoms with Crippen LogP contribution in [-0.2, 0) is 4.79 Å². The molecule has 1 aromatic heterocycles. The normalized spacial score (nSPS) is 18.6. The zero-order valence-corrected chi connectivity index (χ0v) is 23.6. The molecule has 2 aliphatic rings. The summed E-state index contributed by atoms with van der Waals surface area (Å²) < 4.78 is 13.2. The van der Waals surface area contributed by atoms with E-state index in [0.717, 1.165) is 39.1 Å². The maximum atomic E-state index is 13.9. The van der Waals surface area contributed by atoms with Crippen molar-refractivity contribution in [1.29, 1.82) is 0 Å². The van der Waals surface area contributed by atoms with Crippen LogP contribution < -0.4 is 20.9 Å². The van der Waals surface area contributed by atoms with Crippen molar-refractivity contribution in [2.24, 2.45) is 11.0 Å². The number of para-hydroxylation sites is 1. The summed E-state index contributed by atoms with van der Waals surface area (Å²) in [7, 11) is 3.20. The van der Waals surface area contributed by atoms with Crippen LogP contribution in [0.15, 0.2) is 105 Å². The zero-order valence-electron chi connectivity index (χ0n) is 23.6. The Hall–Kier alpha value is -5.12. The molecular weight excluding hydrogens is 534 g/mol. The SMILES string of the molecule is COc1ccc(C2C3CCC=C(C(c4ccc(OC)cc4)n4[nH]c(=O)n(-c5ccccc5)c4=O)C3=NN2C(C)=O)cc1. The summed E-state index contributed by atoms with van der Waals surface area (Å²) in [6.07, 6.45) is 3.54. The highest BCUT2D eigenvalue weighted by Crippen LogP contribution is 2.45. The lowest BCUT2D eigenvalue weighted by molar-refractivity contribution is -0.131. The molecule has 3 atom stereocenters. The smallest absolute Gasteiger partial charge is 0.352 e. The molecule has 0 saturated carbocycles. The van der Waals surface area contributed by atoms with Crippen LogP contribution in [0.25, 0.3) is 5.69 Å². The second-order valence-electron chi connectivity index (χ2n) is 10.3. The van der Waals surface area contributed by atoms with E-state index in [0.29, 0.717) is 17.9 Å². The van der Waals surface area contributed by atoms with Crippen molar-refractivity contribution in [3.8, 4) is 17.2 Å². The fourth-order valence-corrected chi connectivity index (χ4v) is 5.98. The van der Waals surface area contributed by atoms with Gasteiger partial charge in [0.1, 0.15) is 17.5 Å². The van der Waals surface area contributed by atoms with Crippen LogP contribution in [0, 0.1) is 5.92 Å². The van der Waals surface area contributed by atoms with Crippen molar-refractivity contribution in [3.05, 3.63) is 123 Å². The summed E-state index contributed by atoms with van der Waals surface area (Å²) in [6, 6.07) is 22.8. The van der Waals surface area contributed by atoms with Crippen LogP contribution in [0.2, 0.25) is 0 Å². The highest BCUT2D eigenvalue weighted by atomic mass is 16.5. The number of rotatable bonds is 7. The second kappa shape index (κ2) is 11.0. The molecule has 42 heavy (non-hydrogen) atoms. The fourth-order valence-electron chi connectivity index (χ4n) is 5.98. The highest BCUT2D eigenvalue weighted by molar-refractivity contribution is 6.06. The number of aromatic amines is 1.